The van der Waals surface area contributed by atoms with Crippen LogP contribution in [0.4, 0.5) is 0 Å². The molecule has 1 aliphatic heterocycles. The predicted octanol–water partition coefficient (Wildman–Crippen LogP) is 5.04. The molecule has 1 aliphatic carbocycles. The zero-order valence-corrected chi connectivity index (χ0v) is 14.6. The quantitative estimate of drug-likeness (QED) is 0.744. The van der Waals surface area contributed by atoms with Crippen LogP contribution in [0.2, 0.25) is 0 Å². The van der Waals surface area contributed by atoms with E-state index in [1.807, 2.05) is 11.3 Å². The molecule has 3 heteroatoms. The van der Waals surface area contributed by atoms with Crippen LogP contribution in [0.15, 0.2) is 41.8 Å². The summed E-state index contributed by atoms with van der Waals surface area (Å²) in [5.74, 6) is 0. The van der Waals surface area contributed by atoms with E-state index in [1.54, 1.807) is 11.1 Å². The lowest BCUT2D eigenvalue weighted by Crippen LogP contribution is -2.43. The third-order valence-corrected chi connectivity index (χ3v) is 6.32. The summed E-state index contributed by atoms with van der Waals surface area (Å²) in [6, 6.07) is 13.7. The first-order valence-electron chi connectivity index (χ1n) is 8.19. The van der Waals surface area contributed by atoms with Gasteiger partial charge in [-0.05, 0) is 73.2 Å². The molecule has 0 unspecified atom stereocenters. The Balaban J connectivity index is 0.00000144. The van der Waals surface area contributed by atoms with Crippen LogP contribution in [0.25, 0.3) is 0 Å². The smallest absolute Gasteiger partial charge is 0.0327 e. The lowest BCUT2D eigenvalue weighted by Gasteiger charge is -2.45. The molecule has 4 rings (SSSR count). The highest BCUT2D eigenvalue weighted by molar-refractivity contribution is 7.09. The van der Waals surface area contributed by atoms with Gasteiger partial charge in [-0.1, -0.05) is 30.3 Å². The van der Waals surface area contributed by atoms with Gasteiger partial charge < -0.3 is 0 Å². The van der Waals surface area contributed by atoms with Gasteiger partial charge in [0.2, 0.25) is 0 Å². The molecule has 1 aromatic carbocycles. The number of hydrogen-bond acceptors (Lipinski definition) is 2. The van der Waals surface area contributed by atoms with E-state index in [0.717, 1.165) is 6.54 Å². The van der Waals surface area contributed by atoms with Crippen LogP contribution in [-0.4, -0.2) is 18.0 Å². The number of aryl methyl sites for hydroxylation is 1. The number of fused-ring (bicyclic) bond motifs is 2. The van der Waals surface area contributed by atoms with Crippen LogP contribution in [0.5, 0.6) is 0 Å². The van der Waals surface area contributed by atoms with Gasteiger partial charge in [0, 0.05) is 11.4 Å². The minimum Gasteiger partial charge on any atom is -0.298 e. The summed E-state index contributed by atoms with van der Waals surface area (Å²) < 4.78 is 0. The van der Waals surface area contributed by atoms with E-state index >= 15 is 0 Å². The van der Waals surface area contributed by atoms with Crippen LogP contribution in [-0.2, 0) is 18.4 Å². The number of nitrogens with zero attached hydrogens (tertiary/aromatic N) is 1. The van der Waals surface area contributed by atoms with Crippen LogP contribution in [0.1, 0.15) is 41.7 Å². The second kappa shape index (κ2) is 6.74. The standard InChI is InChI=1S/C19H23NS.ClH/c1-2-8-18-16(5-1)6-3-9-19(18)10-12-20(13-11-19)15-17-7-4-14-21-17;/h1-2,4-5,7-8,14H,3,6,9-13,15H2;1H. The predicted molar refractivity (Wildman–Crippen MR) is 97.1 cm³/mol. The van der Waals surface area contributed by atoms with Gasteiger partial charge in [-0.2, -0.15) is 0 Å². The summed E-state index contributed by atoms with van der Waals surface area (Å²) in [5.41, 5.74) is 3.78. The summed E-state index contributed by atoms with van der Waals surface area (Å²) in [4.78, 5) is 4.16. The fraction of sp³-hybridized carbons (Fsp3) is 0.474. The number of rotatable bonds is 2. The normalized spacial score (nSPS) is 20.4. The molecule has 0 bridgehead atoms. The van der Waals surface area contributed by atoms with Crippen molar-refractivity contribution >= 4 is 23.7 Å². The van der Waals surface area contributed by atoms with Crippen molar-refractivity contribution in [2.75, 3.05) is 13.1 Å². The Kier molecular flexibility index (Phi) is 4.91. The Morgan fingerprint density at radius 1 is 1.00 bits per heavy atom. The molecule has 2 heterocycles. The number of halogens is 1. The zero-order valence-electron chi connectivity index (χ0n) is 13.0. The van der Waals surface area contributed by atoms with Crippen LogP contribution >= 0.6 is 23.7 Å². The van der Waals surface area contributed by atoms with E-state index < -0.39 is 0 Å². The highest BCUT2D eigenvalue weighted by Gasteiger charge is 2.38. The van der Waals surface area contributed by atoms with E-state index in [0.29, 0.717) is 5.41 Å². The Bertz CT molecular complexity index is 600. The van der Waals surface area contributed by atoms with Crippen LogP contribution in [0, 0.1) is 0 Å². The van der Waals surface area contributed by atoms with Crippen molar-refractivity contribution in [3.05, 3.63) is 57.8 Å². The van der Waals surface area contributed by atoms with Gasteiger partial charge >= 0.3 is 0 Å². The van der Waals surface area contributed by atoms with Gasteiger partial charge in [-0.25, -0.2) is 0 Å². The minimum absolute atomic E-state index is 0. The number of thiophene rings is 1. The lowest BCUT2D eigenvalue weighted by atomic mass is 9.65. The molecule has 1 saturated heterocycles. The average Bonchev–Trinajstić information content (AvgIpc) is 3.03. The van der Waals surface area contributed by atoms with Crippen molar-refractivity contribution in [1.29, 1.82) is 0 Å². The van der Waals surface area contributed by atoms with Gasteiger partial charge in [-0.3, -0.25) is 4.90 Å². The van der Waals surface area contributed by atoms with Crippen LogP contribution < -0.4 is 0 Å². The first kappa shape index (κ1) is 16.0. The molecule has 0 saturated carbocycles. The van der Waals surface area contributed by atoms with E-state index in [-0.39, 0.29) is 12.4 Å². The lowest BCUT2D eigenvalue weighted by molar-refractivity contribution is 0.140. The Morgan fingerprint density at radius 3 is 2.59 bits per heavy atom. The number of likely N-dealkylation sites (tertiary alicyclic amines) is 1. The molecular weight excluding hydrogens is 310 g/mol. The molecule has 0 amide bonds. The highest BCUT2D eigenvalue weighted by Crippen LogP contribution is 2.44. The monoisotopic (exact) mass is 333 g/mol. The Morgan fingerprint density at radius 2 is 1.82 bits per heavy atom. The van der Waals surface area contributed by atoms with E-state index in [4.69, 9.17) is 0 Å². The molecule has 1 nitrogen and oxygen atoms in total. The molecule has 0 radical (unpaired) electrons. The van der Waals surface area contributed by atoms with Crippen LogP contribution in [0.3, 0.4) is 0 Å². The largest absolute Gasteiger partial charge is 0.298 e. The summed E-state index contributed by atoms with van der Waals surface area (Å²) in [6.07, 6.45) is 6.75. The molecule has 2 aliphatic rings. The number of hydrogen-bond donors (Lipinski definition) is 0. The van der Waals surface area contributed by atoms with Crippen molar-refractivity contribution in [2.45, 2.75) is 44.1 Å². The third-order valence-electron chi connectivity index (χ3n) is 5.46. The Labute approximate surface area is 143 Å². The molecule has 118 valence electrons. The van der Waals surface area contributed by atoms with Crippen molar-refractivity contribution in [3.63, 3.8) is 0 Å². The maximum atomic E-state index is 2.65. The summed E-state index contributed by atoms with van der Waals surface area (Å²) in [6.45, 7) is 3.66. The van der Waals surface area contributed by atoms with Crippen molar-refractivity contribution < 1.29 is 0 Å². The zero-order chi connectivity index (χ0) is 14.1. The first-order chi connectivity index (χ1) is 10.4. The van der Waals surface area contributed by atoms with Gasteiger partial charge in [0.1, 0.15) is 0 Å². The summed E-state index contributed by atoms with van der Waals surface area (Å²) >= 11 is 1.89. The Hall–Kier alpha value is -0.830. The summed E-state index contributed by atoms with van der Waals surface area (Å²) in [5, 5.41) is 2.19. The van der Waals surface area contributed by atoms with E-state index in [1.165, 1.54) is 50.1 Å². The maximum Gasteiger partial charge on any atom is 0.0327 e. The molecule has 1 aromatic heterocycles. The van der Waals surface area contributed by atoms with E-state index in [9.17, 15) is 0 Å². The van der Waals surface area contributed by atoms with Gasteiger partial charge in [-0.15, -0.1) is 23.7 Å². The highest BCUT2D eigenvalue weighted by atomic mass is 35.5. The molecule has 2 aromatic rings. The fourth-order valence-electron chi connectivity index (χ4n) is 4.29. The van der Waals surface area contributed by atoms with Crippen molar-refractivity contribution in [2.24, 2.45) is 0 Å². The maximum absolute atomic E-state index is 2.65. The molecule has 1 spiro atoms. The molecule has 0 N–H and O–H groups in total. The fourth-order valence-corrected chi connectivity index (χ4v) is 5.04. The molecule has 1 fully saturated rings. The minimum atomic E-state index is 0. The van der Waals surface area contributed by atoms with Crippen molar-refractivity contribution in [3.8, 4) is 0 Å². The summed E-state index contributed by atoms with van der Waals surface area (Å²) in [7, 11) is 0. The molecule has 22 heavy (non-hydrogen) atoms. The van der Waals surface area contributed by atoms with Crippen molar-refractivity contribution in [1.82, 2.24) is 4.90 Å². The molecular formula is C19H24ClNS. The SMILES string of the molecule is Cl.c1csc(CN2CCC3(CCCc4ccccc43)CC2)c1. The topological polar surface area (TPSA) is 3.24 Å². The van der Waals surface area contributed by atoms with Gasteiger partial charge in [0.25, 0.3) is 0 Å². The number of piperidine rings is 1. The third kappa shape index (κ3) is 2.97. The van der Waals surface area contributed by atoms with E-state index in [2.05, 4.69) is 46.7 Å². The second-order valence-corrected chi connectivity index (χ2v) is 7.68. The first-order valence-corrected chi connectivity index (χ1v) is 9.07. The molecule has 0 atom stereocenters. The second-order valence-electron chi connectivity index (χ2n) is 6.65. The van der Waals surface area contributed by atoms with Gasteiger partial charge in [0.05, 0.1) is 0 Å². The van der Waals surface area contributed by atoms with Gasteiger partial charge in [0.15, 0.2) is 0 Å². The number of benzene rings is 1. The average molecular weight is 334 g/mol.